The summed E-state index contributed by atoms with van der Waals surface area (Å²) in [5.74, 6) is 0. The maximum Gasteiger partial charge on any atom is 0.294 e. The fourth-order valence-corrected chi connectivity index (χ4v) is 3.48. The summed E-state index contributed by atoms with van der Waals surface area (Å²) in [7, 11) is -8.55. The quantitative estimate of drug-likeness (QED) is 0.304. The number of rotatable bonds is 5. The van der Waals surface area contributed by atoms with Gasteiger partial charge in [0.1, 0.15) is 0 Å². The first-order chi connectivity index (χ1) is 11.0. The van der Waals surface area contributed by atoms with Gasteiger partial charge in [0.15, 0.2) is 0 Å². The van der Waals surface area contributed by atoms with Gasteiger partial charge in [0.25, 0.3) is 20.2 Å². The highest BCUT2D eigenvalue weighted by atomic mass is 32.2. The van der Waals surface area contributed by atoms with Crippen LogP contribution in [0.2, 0.25) is 0 Å². The van der Waals surface area contributed by atoms with Gasteiger partial charge in [0.2, 0.25) is 0 Å². The molecule has 0 aliphatic rings. The third-order valence-electron chi connectivity index (χ3n) is 3.18. The molecule has 0 amide bonds. The minimum atomic E-state index is -4.28. The zero-order valence-electron chi connectivity index (χ0n) is 11.9. The minimum Gasteiger partial charge on any atom is -0.282 e. The summed E-state index contributed by atoms with van der Waals surface area (Å²) >= 11 is 9.71. The first kappa shape index (κ1) is 19.0. The van der Waals surface area contributed by atoms with Gasteiger partial charge in [-0.2, -0.15) is 29.5 Å². The van der Waals surface area contributed by atoms with E-state index in [1.165, 1.54) is 48.5 Å². The molecule has 0 saturated carbocycles. The van der Waals surface area contributed by atoms with Gasteiger partial charge in [-0.25, -0.2) is 0 Å². The molecule has 0 fully saturated rings. The van der Waals surface area contributed by atoms with Crippen molar-refractivity contribution in [2.24, 2.45) is 0 Å². The standard InChI is InChI=1S/C14H12O6S4/c15-23(16,17)11-5-1-9(2-6-11)13(21)14(22)10-3-7-12(8-4-10)24(18,19)20/h1-8,13,21H,(H,15,16,17)(H,18,19,20). The van der Waals surface area contributed by atoms with E-state index in [2.05, 4.69) is 12.6 Å². The molecule has 2 rings (SSSR count). The zero-order valence-corrected chi connectivity index (χ0v) is 15.2. The largest absolute Gasteiger partial charge is 0.294 e. The molecule has 10 heteroatoms. The molecule has 1 unspecified atom stereocenters. The van der Waals surface area contributed by atoms with Crippen LogP contribution in [0.25, 0.3) is 0 Å². The van der Waals surface area contributed by atoms with E-state index in [0.29, 0.717) is 16.0 Å². The van der Waals surface area contributed by atoms with Crippen LogP contribution >= 0.6 is 24.8 Å². The molecule has 0 radical (unpaired) electrons. The van der Waals surface area contributed by atoms with Crippen LogP contribution in [0.4, 0.5) is 0 Å². The van der Waals surface area contributed by atoms with Crippen molar-refractivity contribution >= 4 is 49.9 Å². The number of benzene rings is 2. The predicted octanol–water partition coefficient (Wildman–Crippen LogP) is 2.57. The Labute approximate surface area is 150 Å². The van der Waals surface area contributed by atoms with Crippen molar-refractivity contribution in [1.29, 1.82) is 0 Å². The van der Waals surface area contributed by atoms with Gasteiger partial charge in [-0.05, 0) is 35.4 Å². The van der Waals surface area contributed by atoms with Gasteiger partial charge in [-0.1, -0.05) is 36.5 Å². The van der Waals surface area contributed by atoms with Crippen LogP contribution in [0.3, 0.4) is 0 Å². The van der Waals surface area contributed by atoms with Crippen molar-refractivity contribution in [2.45, 2.75) is 15.0 Å². The average Bonchev–Trinajstić information content (AvgIpc) is 2.52. The maximum atomic E-state index is 11.0. The lowest BCUT2D eigenvalue weighted by atomic mass is 10.0. The first-order valence-corrected chi connectivity index (χ1v) is 10.2. The van der Waals surface area contributed by atoms with Crippen molar-refractivity contribution in [3.8, 4) is 0 Å². The molecule has 0 spiro atoms. The van der Waals surface area contributed by atoms with E-state index in [1.807, 2.05) is 0 Å². The van der Waals surface area contributed by atoms with Crippen molar-refractivity contribution in [3.63, 3.8) is 0 Å². The molecule has 2 aromatic carbocycles. The fourth-order valence-electron chi connectivity index (χ4n) is 1.92. The molecule has 2 aromatic rings. The Hall–Kier alpha value is -1.30. The molecule has 0 heterocycles. The van der Waals surface area contributed by atoms with E-state index in [-0.39, 0.29) is 9.79 Å². The third kappa shape index (κ3) is 4.41. The van der Waals surface area contributed by atoms with E-state index < -0.39 is 25.5 Å². The molecule has 0 aliphatic carbocycles. The van der Waals surface area contributed by atoms with Gasteiger partial charge in [-0.15, -0.1) is 0 Å². The topological polar surface area (TPSA) is 109 Å². The van der Waals surface area contributed by atoms with E-state index in [4.69, 9.17) is 21.3 Å². The number of hydrogen-bond acceptors (Lipinski definition) is 6. The smallest absolute Gasteiger partial charge is 0.282 e. The van der Waals surface area contributed by atoms with Crippen LogP contribution in [0.15, 0.2) is 58.3 Å². The Morgan fingerprint density at radius 1 is 0.833 bits per heavy atom. The normalized spacial score (nSPS) is 13.5. The predicted molar refractivity (Wildman–Crippen MR) is 95.9 cm³/mol. The van der Waals surface area contributed by atoms with Crippen molar-refractivity contribution in [1.82, 2.24) is 0 Å². The van der Waals surface area contributed by atoms with Crippen LogP contribution in [0.5, 0.6) is 0 Å². The molecule has 24 heavy (non-hydrogen) atoms. The van der Waals surface area contributed by atoms with Crippen molar-refractivity contribution < 1.29 is 25.9 Å². The van der Waals surface area contributed by atoms with Crippen LogP contribution in [-0.4, -0.2) is 30.8 Å². The fraction of sp³-hybridized carbons (Fsp3) is 0.0714. The van der Waals surface area contributed by atoms with Crippen LogP contribution < -0.4 is 0 Å². The second-order valence-corrected chi connectivity index (χ2v) is 8.61. The van der Waals surface area contributed by atoms with Gasteiger partial charge in [0.05, 0.1) is 15.0 Å². The van der Waals surface area contributed by atoms with Crippen molar-refractivity contribution in [3.05, 3.63) is 59.7 Å². The molecule has 0 bridgehead atoms. The SMILES string of the molecule is O=S(=O)(O)c1ccc(C(=S)C(S)c2ccc(S(=O)(=O)O)cc2)cc1. The Bertz CT molecular complexity index is 961. The Kier molecular flexibility index (Phi) is 5.47. The monoisotopic (exact) mass is 404 g/mol. The second-order valence-electron chi connectivity index (χ2n) is 4.81. The molecule has 128 valence electrons. The highest BCUT2D eigenvalue weighted by Gasteiger charge is 2.17. The van der Waals surface area contributed by atoms with E-state index >= 15 is 0 Å². The molecule has 0 aromatic heterocycles. The van der Waals surface area contributed by atoms with Gasteiger partial charge in [-0.3, -0.25) is 9.11 Å². The minimum absolute atomic E-state index is 0.241. The summed E-state index contributed by atoms with van der Waals surface area (Å²) in [5.41, 5.74) is 1.14. The maximum absolute atomic E-state index is 11.0. The number of hydrogen-bond donors (Lipinski definition) is 3. The summed E-state index contributed by atoms with van der Waals surface area (Å²) in [6.45, 7) is 0. The summed E-state index contributed by atoms with van der Waals surface area (Å²) in [4.78, 5) is -0.0997. The summed E-state index contributed by atoms with van der Waals surface area (Å²) in [6, 6.07) is 10.7. The molecule has 1 atom stereocenters. The Morgan fingerprint density at radius 2 is 1.21 bits per heavy atom. The van der Waals surface area contributed by atoms with Crippen LogP contribution in [0, 0.1) is 0 Å². The molecule has 0 aliphatic heterocycles. The van der Waals surface area contributed by atoms with E-state index in [1.54, 1.807) is 0 Å². The molecular formula is C14H12O6S4. The molecular weight excluding hydrogens is 392 g/mol. The Balaban J connectivity index is 2.26. The summed E-state index contributed by atoms with van der Waals surface area (Å²) < 4.78 is 62.0. The van der Waals surface area contributed by atoms with Gasteiger partial charge >= 0.3 is 0 Å². The molecule has 6 nitrogen and oxygen atoms in total. The summed E-state index contributed by atoms with van der Waals surface area (Å²) in [5, 5.41) is -0.549. The second kappa shape index (κ2) is 6.90. The average molecular weight is 405 g/mol. The third-order valence-corrected chi connectivity index (χ3v) is 6.12. The van der Waals surface area contributed by atoms with E-state index in [0.717, 1.165) is 0 Å². The highest BCUT2D eigenvalue weighted by molar-refractivity contribution is 7.87. The van der Waals surface area contributed by atoms with E-state index in [9.17, 15) is 16.8 Å². The lowest BCUT2D eigenvalue weighted by Gasteiger charge is -2.13. The lowest BCUT2D eigenvalue weighted by Crippen LogP contribution is -2.07. The lowest BCUT2D eigenvalue weighted by molar-refractivity contribution is 0.481. The van der Waals surface area contributed by atoms with Gasteiger partial charge < -0.3 is 0 Å². The Morgan fingerprint density at radius 3 is 1.58 bits per heavy atom. The van der Waals surface area contributed by atoms with Crippen molar-refractivity contribution in [2.75, 3.05) is 0 Å². The molecule has 2 N–H and O–H groups in total. The number of thiocarbonyl (C=S) groups is 1. The van der Waals surface area contributed by atoms with Crippen LogP contribution in [0.1, 0.15) is 16.4 Å². The highest BCUT2D eigenvalue weighted by Crippen LogP contribution is 2.27. The first-order valence-electron chi connectivity index (χ1n) is 6.37. The number of thiol groups is 1. The molecule has 0 saturated heterocycles. The van der Waals surface area contributed by atoms with Crippen LogP contribution in [-0.2, 0) is 20.2 Å². The zero-order chi connectivity index (χ0) is 18.1. The van der Waals surface area contributed by atoms with Gasteiger partial charge in [0, 0.05) is 4.86 Å². The summed E-state index contributed by atoms with van der Waals surface area (Å²) in [6.07, 6.45) is 0.